The summed E-state index contributed by atoms with van der Waals surface area (Å²) in [5.74, 6) is 10.7. The number of rotatable bonds is 1. The number of nitrogens with one attached hydrogen (secondary N) is 1. The van der Waals surface area contributed by atoms with Crippen LogP contribution in [0.1, 0.15) is 0 Å². The number of nitrogens with two attached hydrogens (primary N) is 2. The predicted octanol–water partition coefficient (Wildman–Crippen LogP) is -1.72. The quantitative estimate of drug-likeness (QED) is 0.320. The number of piperazine rings is 1. The summed E-state index contributed by atoms with van der Waals surface area (Å²) >= 11 is 0. The van der Waals surface area contributed by atoms with Crippen LogP contribution in [-0.4, -0.2) is 36.2 Å². The molecule has 5 N–H and O–H groups in total. The van der Waals surface area contributed by atoms with Crippen LogP contribution in [0, 0.1) is 0 Å². The molecule has 0 unspecified atom stereocenters. The van der Waals surface area contributed by atoms with Crippen LogP contribution < -0.4 is 17.2 Å². The molecule has 0 amide bonds. The Kier molecular flexibility index (Phi) is 4.88. The van der Waals surface area contributed by atoms with Crippen LogP contribution in [0.25, 0.3) is 0 Å². The van der Waals surface area contributed by atoms with Crippen LogP contribution in [0.5, 0.6) is 0 Å². The molecular formula is C4H14ClN5. The first kappa shape index (κ1) is 10.1. The number of halogens is 1. The highest BCUT2D eigenvalue weighted by Crippen LogP contribution is 1.90. The van der Waals surface area contributed by atoms with E-state index in [4.69, 9.17) is 11.7 Å². The van der Waals surface area contributed by atoms with Gasteiger partial charge in [-0.25, -0.2) is 10.0 Å². The van der Waals surface area contributed by atoms with Crippen LogP contribution in [0.4, 0.5) is 0 Å². The lowest BCUT2D eigenvalue weighted by atomic mass is 10.4. The topological polar surface area (TPSA) is 70.5 Å². The standard InChI is InChI=1S/C4H13N5.ClH/c5-7-9-3-1-8(6)2-4-9;/h7H,1-6H2;1H. The molecule has 0 aliphatic carbocycles. The summed E-state index contributed by atoms with van der Waals surface area (Å²) in [6.45, 7) is 3.55. The molecule has 0 radical (unpaired) electrons. The lowest BCUT2D eigenvalue weighted by Gasteiger charge is -2.30. The average Bonchev–Trinajstić information content (AvgIpc) is 1.90. The largest absolute Gasteiger partial charge is 0.269 e. The number of hydrogen-bond donors (Lipinski definition) is 3. The van der Waals surface area contributed by atoms with Crippen LogP contribution in [-0.2, 0) is 0 Å². The second-order valence-electron chi connectivity index (χ2n) is 2.15. The van der Waals surface area contributed by atoms with Gasteiger partial charge in [0.2, 0.25) is 0 Å². The summed E-state index contributed by atoms with van der Waals surface area (Å²) in [5.41, 5.74) is 2.58. The second-order valence-corrected chi connectivity index (χ2v) is 2.15. The summed E-state index contributed by atoms with van der Waals surface area (Å²) < 4.78 is 0. The molecule has 0 saturated carbocycles. The molecule has 1 aliphatic rings. The Bertz CT molecular complexity index is 81.7. The first-order valence-corrected chi connectivity index (χ1v) is 3.04. The maximum Gasteiger partial charge on any atom is 0.0286 e. The van der Waals surface area contributed by atoms with Gasteiger partial charge in [0.05, 0.1) is 0 Å². The molecule has 62 valence electrons. The zero-order valence-corrected chi connectivity index (χ0v) is 6.60. The fourth-order valence-electron chi connectivity index (χ4n) is 0.851. The van der Waals surface area contributed by atoms with E-state index in [0.717, 1.165) is 26.2 Å². The van der Waals surface area contributed by atoms with E-state index in [1.165, 1.54) is 0 Å². The fourth-order valence-corrected chi connectivity index (χ4v) is 0.851. The summed E-state index contributed by atoms with van der Waals surface area (Å²) in [6, 6.07) is 0. The minimum absolute atomic E-state index is 0. The Labute approximate surface area is 66.6 Å². The molecule has 0 atom stereocenters. The Balaban J connectivity index is 0.000000810. The third-order valence-corrected chi connectivity index (χ3v) is 1.50. The van der Waals surface area contributed by atoms with Gasteiger partial charge in [0, 0.05) is 26.2 Å². The van der Waals surface area contributed by atoms with E-state index < -0.39 is 0 Å². The molecule has 1 aliphatic heterocycles. The number of hydrogen-bond acceptors (Lipinski definition) is 5. The van der Waals surface area contributed by atoms with Crippen molar-refractivity contribution in [3.63, 3.8) is 0 Å². The van der Waals surface area contributed by atoms with Crippen LogP contribution in [0.15, 0.2) is 0 Å². The Morgan fingerprint density at radius 3 is 2.00 bits per heavy atom. The zero-order valence-electron chi connectivity index (χ0n) is 5.79. The molecule has 10 heavy (non-hydrogen) atoms. The van der Waals surface area contributed by atoms with E-state index in [1.54, 1.807) is 5.01 Å². The minimum Gasteiger partial charge on any atom is -0.269 e. The predicted molar refractivity (Wildman–Crippen MR) is 41.9 cm³/mol. The van der Waals surface area contributed by atoms with E-state index >= 15 is 0 Å². The lowest BCUT2D eigenvalue weighted by molar-refractivity contribution is 0.0906. The van der Waals surface area contributed by atoms with Crippen molar-refractivity contribution < 1.29 is 0 Å². The van der Waals surface area contributed by atoms with Crippen molar-refractivity contribution in [3.8, 4) is 0 Å². The van der Waals surface area contributed by atoms with Crippen molar-refractivity contribution in [3.05, 3.63) is 0 Å². The van der Waals surface area contributed by atoms with Gasteiger partial charge in [0.25, 0.3) is 0 Å². The van der Waals surface area contributed by atoms with Crippen molar-refractivity contribution in [2.24, 2.45) is 11.7 Å². The maximum absolute atomic E-state index is 5.49. The van der Waals surface area contributed by atoms with Gasteiger partial charge < -0.3 is 0 Å². The third kappa shape index (κ3) is 2.78. The van der Waals surface area contributed by atoms with Crippen molar-refractivity contribution in [1.82, 2.24) is 15.6 Å². The summed E-state index contributed by atoms with van der Waals surface area (Å²) in [7, 11) is 0. The molecule has 1 heterocycles. The van der Waals surface area contributed by atoms with E-state index in [-0.39, 0.29) is 12.4 Å². The molecule has 0 aromatic carbocycles. The van der Waals surface area contributed by atoms with Crippen LogP contribution in [0.3, 0.4) is 0 Å². The van der Waals surface area contributed by atoms with Gasteiger partial charge >= 0.3 is 0 Å². The molecule has 5 nitrogen and oxygen atoms in total. The van der Waals surface area contributed by atoms with Gasteiger partial charge in [-0.1, -0.05) is 0 Å². The fraction of sp³-hybridized carbons (Fsp3) is 1.00. The second kappa shape index (κ2) is 4.84. The minimum atomic E-state index is 0. The lowest BCUT2D eigenvalue weighted by Crippen LogP contribution is -2.55. The van der Waals surface area contributed by atoms with E-state index in [9.17, 15) is 0 Å². The van der Waals surface area contributed by atoms with Crippen LogP contribution >= 0.6 is 12.4 Å². The summed E-state index contributed by atoms with van der Waals surface area (Å²) in [4.78, 5) is 0. The SMILES string of the molecule is Cl.NNN1CCN(N)CC1. The van der Waals surface area contributed by atoms with E-state index in [0.29, 0.717) is 0 Å². The summed E-state index contributed by atoms with van der Waals surface area (Å²) in [6.07, 6.45) is 0. The maximum atomic E-state index is 5.49. The molecule has 0 bridgehead atoms. The molecule has 0 aromatic heterocycles. The zero-order chi connectivity index (χ0) is 6.69. The van der Waals surface area contributed by atoms with Gasteiger partial charge in [-0.05, 0) is 0 Å². The van der Waals surface area contributed by atoms with Gasteiger partial charge in [0.15, 0.2) is 0 Å². The van der Waals surface area contributed by atoms with Gasteiger partial charge in [-0.15, -0.1) is 12.4 Å². The summed E-state index contributed by atoms with van der Waals surface area (Å²) in [5, 5.41) is 3.72. The first-order chi connectivity index (χ1) is 4.33. The van der Waals surface area contributed by atoms with Gasteiger partial charge in [0.1, 0.15) is 0 Å². The highest BCUT2D eigenvalue weighted by Gasteiger charge is 2.11. The first-order valence-electron chi connectivity index (χ1n) is 3.04. The van der Waals surface area contributed by atoms with Gasteiger partial charge in [-0.3, -0.25) is 11.7 Å². The van der Waals surface area contributed by atoms with Crippen LogP contribution in [0.2, 0.25) is 0 Å². The van der Waals surface area contributed by atoms with Crippen molar-refractivity contribution in [2.45, 2.75) is 0 Å². The smallest absolute Gasteiger partial charge is 0.0286 e. The molecular weight excluding hydrogens is 154 g/mol. The number of nitrogens with zero attached hydrogens (tertiary/aromatic N) is 2. The van der Waals surface area contributed by atoms with Gasteiger partial charge in [-0.2, -0.15) is 5.53 Å². The Morgan fingerprint density at radius 2 is 1.60 bits per heavy atom. The van der Waals surface area contributed by atoms with Crippen molar-refractivity contribution in [2.75, 3.05) is 26.2 Å². The molecule has 0 aromatic rings. The number of hydrazine groups is 3. The monoisotopic (exact) mass is 167 g/mol. The third-order valence-electron chi connectivity index (χ3n) is 1.50. The van der Waals surface area contributed by atoms with E-state index in [2.05, 4.69) is 5.53 Å². The highest BCUT2D eigenvalue weighted by atomic mass is 35.5. The van der Waals surface area contributed by atoms with E-state index in [1.807, 2.05) is 5.01 Å². The average molecular weight is 168 g/mol. The Morgan fingerprint density at radius 1 is 1.10 bits per heavy atom. The molecule has 1 rings (SSSR count). The highest BCUT2D eigenvalue weighted by molar-refractivity contribution is 5.85. The van der Waals surface area contributed by atoms with Crippen molar-refractivity contribution in [1.29, 1.82) is 0 Å². The molecule has 1 saturated heterocycles. The Hall–Kier alpha value is 0.0900. The normalized spacial score (nSPS) is 22.2. The van der Waals surface area contributed by atoms with Crippen molar-refractivity contribution >= 4 is 12.4 Å². The molecule has 1 fully saturated rings. The molecule has 6 heteroatoms. The molecule has 0 spiro atoms.